The van der Waals surface area contributed by atoms with Crippen LogP contribution >= 0.6 is 0 Å². The zero-order valence-corrected chi connectivity index (χ0v) is 29.3. The minimum Gasteiger partial charge on any atom is -0.462 e. The standard InChI is InChI=1S/C35H53NO12/c1-9-28-26(17-38)14-18(2)10-11-27(42)19(3)15-25(12-13-37)31(20(4)29(46-23(7)40)16-30(43)48-28)34-35(47-24(8)41)32(36-22(6)39)33(44)21(5)45-34/h10-11,13-14,19-21,25-26,28-29,31-35,38,44H,9,12,15-17H2,1-8H3,(H,36,39)/b11-10+,18-14+/t19-,20-,21-,25?,26-,28-,29-,31-,32+,33-,34+,35-/m1/s1. The van der Waals surface area contributed by atoms with Crippen molar-refractivity contribution in [3.63, 3.8) is 0 Å². The number of aliphatic hydroxyl groups excluding tert-OH is 2. The number of carbonyl (C=O) groups is 6. The molecule has 0 aromatic rings. The molecule has 0 aliphatic carbocycles. The van der Waals surface area contributed by atoms with Gasteiger partial charge in [0.15, 0.2) is 11.9 Å². The largest absolute Gasteiger partial charge is 0.462 e. The maximum absolute atomic E-state index is 13.5. The molecule has 48 heavy (non-hydrogen) atoms. The fourth-order valence-electron chi connectivity index (χ4n) is 6.94. The number of hydrogen-bond acceptors (Lipinski definition) is 12. The molecule has 0 radical (unpaired) electrons. The van der Waals surface area contributed by atoms with E-state index in [4.69, 9.17) is 18.9 Å². The lowest BCUT2D eigenvalue weighted by atomic mass is 9.68. The van der Waals surface area contributed by atoms with Crippen LogP contribution in [0.1, 0.15) is 81.1 Å². The second-order valence-corrected chi connectivity index (χ2v) is 13.1. The molecule has 1 unspecified atom stereocenters. The van der Waals surface area contributed by atoms with Crippen molar-refractivity contribution in [2.45, 2.75) is 124 Å². The number of aldehydes is 1. The summed E-state index contributed by atoms with van der Waals surface area (Å²) in [5, 5.41) is 23.9. The third-order valence-electron chi connectivity index (χ3n) is 9.27. The molecule has 2 aliphatic rings. The number of nitrogens with one attached hydrogen (secondary N) is 1. The molecule has 3 N–H and O–H groups in total. The molecule has 1 saturated heterocycles. The highest BCUT2D eigenvalue weighted by atomic mass is 16.6. The third kappa shape index (κ3) is 11.3. The molecule has 0 bridgehead atoms. The lowest BCUT2D eigenvalue weighted by Gasteiger charge is -2.50. The number of amides is 1. The Balaban J connectivity index is 2.84. The second kappa shape index (κ2) is 18.9. The van der Waals surface area contributed by atoms with Crippen molar-refractivity contribution in [2.24, 2.45) is 29.6 Å². The summed E-state index contributed by atoms with van der Waals surface area (Å²) in [7, 11) is 0. The summed E-state index contributed by atoms with van der Waals surface area (Å²) in [6.45, 7) is 11.9. The molecule has 2 aliphatic heterocycles. The van der Waals surface area contributed by atoms with Crippen LogP contribution in [0.25, 0.3) is 0 Å². The van der Waals surface area contributed by atoms with Crippen LogP contribution in [-0.2, 0) is 47.7 Å². The van der Waals surface area contributed by atoms with Crippen LogP contribution in [-0.4, -0.2) is 95.4 Å². The molecule has 1 amide bonds. The van der Waals surface area contributed by atoms with Gasteiger partial charge < -0.3 is 39.3 Å². The van der Waals surface area contributed by atoms with Crippen molar-refractivity contribution in [1.29, 1.82) is 0 Å². The molecule has 0 aromatic heterocycles. The summed E-state index contributed by atoms with van der Waals surface area (Å²) in [6.07, 6.45) is -0.856. The minimum absolute atomic E-state index is 0.0724. The first kappa shape index (κ1) is 40.8. The van der Waals surface area contributed by atoms with Gasteiger partial charge in [-0.2, -0.15) is 0 Å². The van der Waals surface area contributed by atoms with E-state index < -0.39 is 102 Å². The Labute approximate surface area is 282 Å². The van der Waals surface area contributed by atoms with E-state index in [-0.39, 0.29) is 25.2 Å². The Kier molecular flexibility index (Phi) is 16.1. The van der Waals surface area contributed by atoms with Crippen molar-refractivity contribution in [2.75, 3.05) is 6.61 Å². The van der Waals surface area contributed by atoms with Crippen molar-refractivity contribution in [1.82, 2.24) is 5.32 Å². The number of carbonyl (C=O) groups excluding carboxylic acids is 6. The second-order valence-electron chi connectivity index (χ2n) is 13.1. The van der Waals surface area contributed by atoms with Gasteiger partial charge in [0.05, 0.1) is 25.2 Å². The Morgan fingerprint density at radius 3 is 2.25 bits per heavy atom. The Hall–Kier alpha value is -3.42. The van der Waals surface area contributed by atoms with Crippen LogP contribution in [0.2, 0.25) is 0 Å². The number of hydrogen-bond donors (Lipinski definition) is 3. The van der Waals surface area contributed by atoms with E-state index in [9.17, 15) is 39.0 Å². The number of rotatable bonds is 8. The Bertz CT molecular complexity index is 1210. The molecular weight excluding hydrogens is 626 g/mol. The molecule has 12 atom stereocenters. The molecule has 270 valence electrons. The molecule has 0 spiro atoms. The van der Waals surface area contributed by atoms with Crippen LogP contribution in [0.5, 0.6) is 0 Å². The number of cyclic esters (lactones) is 1. The number of esters is 3. The van der Waals surface area contributed by atoms with E-state index in [0.717, 1.165) is 0 Å². The number of ether oxygens (including phenoxy) is 4. The average Bonchev–Trinajstić information content (AvgIpc) is 3.00. The van der Waals surface area contributed by atoms with E-state index in [0.29, 0.717) is 18.3 Å². The van der Waals surface area contributed by atoms with Crippen molar-refractivity contribution in [3.05, 3.63) is 23.8 Å². The van der Waals surface area contributed by atoms with Crippen LogP contribution < -0.4 is 5.32 Å². The molecule has 1 fully saturated rings. The molecular formula is C35H53NO12. The average molecular weight is 680 g/mol. The predicted octanol–water partition coefficient (Wildman–Crippen LogP) is 2.39. The molecule has 2 rings (SSSR count). The van der Waals surface area contributed by atoms with Gasteiger partial charge in [0.1, 0.15) is 30.7 Å². The normalized spacial score (nSPS) is 37.2. The summed E-state index contributed by atoms with van der Waals surface area (Å²) in [5.41, 5.74) is 0.668. The number of ketones is 1. The fourth-order valence-corrected chi connectivity index (χ4v) is 6.94. The molecule has 13 nitrogen and oxygen atoms in total. The van der Waals surface area contributed by atoms with Gasteiger partial charge in [-0.25, -0.2) is 0 Å². The SMILES string of the molecule is CC[C@H]1OC(=O)C[C@@H](OC(C)=O)[C@@H](C)[C@@H]([C@@H]2O[C@H](C)[C@@H](O)[C@H](NC(C)=O)[C@H]2OC(C)=O)C(CC=O)C[C@@H](C)C(=O)/C=C/C(C)=C/[C@@H]1CO. The van der Waals surface area contributed by atoms with Crippen LogP contribution in [0.3, 0.4) is 0 Å². The zero-order valence-electron chi connectivity index (χ0n) is 29.3. The Morgan fingerprint density at radius 2 is 1.71 bits per heavy atom. The van der Waals surface area contributed by atoms with Gasteiger partial charge >= 0.3 is 17.9 Å². The predicted molar refractivity (Wildman–Crippen MR) is 173 cm³/mol. The van der Waals surface area contributed by atoms with E-state index in [2.05, 4.69) is 5.32 Å². The number of aliphatic hydroxyl groups is 2. The first-order valence-electron chi connectivity index (χ1n) is 16.6. The zero-order chi connectivity index (χ0) is 36.3. The highest BCUT2D eigenvalue weighted by Gasteiger charge is 2.53. The maximum Gasteiger partial charge on any atom is 0.309 e. The summed E-state index contributed by atoms with van der Waals surface area (Å²) < 4.78 is 23.6. The van der Waals surface area contributed by atoms with Gasteiger partial charge in [0.25, 0.3) is 0 Å². The van der Waals surface area contributed by atoms with Gasteiger partial charge in [-0.15, -0.1) is 0 Å². The van der Waals surface area contributed by atoms with E-state index >= 15 is 0 Å². The summed E-state index contributed by atoms with van der Waals surface area (Å²) in [5.74, 6) is -6.27. The summed E-state index contributed by atoms with van der Waals surface area (Å²) in [4.78, 5) is 76.2. The van der Waals surface area contributed by atoms with Crippen LogP contribution in [0.15, 0.2) is 23.8 Å². The third-order valence-corrected chi connectivity index (χ3v) is 9.27. The number of allylic oxidation sites excluding steroid dienone is 3. The van der Waals surface area contributed by atoms with Crippen molar-refractivity contribution < 1.29 is 57.9 Å². The monoisotopic (exact) mass is 679 g/mol. The van der Waals surface area contributed by atoms with Crippen LogP contribution in [0.4, 0.5) is 0 Å². The molecule has 0 aromatic carbocycles. The van der Waals surface area contributed by atoms with Gasteiger partial charge in [0, 0.05) is 39.0 Å². The molecule has 2 heterocycles. The van der Waals surface area contributed by atoms with Gasteiger partial charge in [-0.05, 0) is 50.5 Å². The summed E-state index contributed by atoms with van der Waals surface area (Å²) in [6, 6.07) is -1.11. The maximum atomic E-state index is 13.5. The quantitative estimate of drug-likeness (QED) is 0.193. The fraction of sp³-hybridized carbons (Fsp3) is 0.714. The smallest absolute Gasteiger partial charge is 0.309 e. The van der Waals surface area contributed by atoms with Gasteiger partial charge in [0.2, 0.25) is 5.91 Å². The van der Waals surface area contributed by atoms with E-state index in [1.54, 1.807) is 46.8 Å². The van der Waals surface area contributed by atoms with E-state index in [1.165, 1.54) is 26.8 Å². The first-order valence-corrected chi connectivity index (χ1v) is 16.6. The van der Waals surface area contributed by atoms with Crippen LogP contribution in [0, 0.1) is 29.6 Å². The molecule has 13 heteroatoms. The molecule has 0 saturated carbocycles. The van der Waals surface area contributed by atoms with Gasteiger partial charge in [-0.3, -0.25) is 24.0 Å². The highest BCUT2D eigenvalue weighted by molar-refractivity contribution is 5.91. The summed E-state index contributed by atoms with van der Waals surface area (Å²) >= 11 is 0. The highest BCUT2D eigenvalue weighted by Crippen LogP contribution is 2.42. The van der Waals surface area contributed by atoms with Crippen molar-refractivity contribution in [3.8, 4) is 0 Å². The minimum atomic E-state index is -1.29. The first-order chi connectivity index (χ1) is 22.5. The van der Waals surface area contributed by atoms with Crippen molar-refractivity contribution >= 4 is 35.9 Å². The lowest BCUT2D eigenvalue weighted by Crippen LogP contribution is -2.66. The lowest BCUT2D eigenvalue weighted by molar-refractivity contribution is -0.224. The topological polar surface area (TPSA) is 192 Å². The Morgan fingerprint density at radius 1 is 1.06 bits per heavy atom. The van der Waals surface area contributed by atoms with Gasteiger partial charge in [-0.1, -0.05) is 38.5 Å². The van der Waals surface area contributed by atoms with E-state index in [1.807, 2.05) is 0 Å².